The van der Waals surface area contributed by atoms with Gasteiger partial charge < -0.3 is 4.74 Å². The van der Waals surface area contributed by atoms with Gasteiger partial charge in [0.2, 0.25) is 0 Å². The number of carbonyl (C=O) groups is 1. The number of carbonyl (C=O) groups excluding carboxylic acids is 1. The van der Waals surface area contributed by atoms with E-state index in [1.165, 1.54) is 122 Å². The summed E-state index contributed by atoms with van der Waals surface area (Å²) in [6.45, 7) is 7.52. The van der Waals surface area contributed by atoms with Crippen molar-refractivity contribution in [2.45, 2.75) is 162 Å². The first-order valence-electron chi connectivity index (χ1n) is 13.8. The summed E-state index contributed by atoms with van der Waals surface area (Å²) in [6.07, 6.45) is 28.5. The minimum atomic E-state index is 0.0193. The molecule has 0 bridgehead atoms. The van der Waals surface area contributed by atoms with Crippen LogP contribution < -0.4 is 0 Å². The van der Waals surface area contributed by atoms with Gasteiger partial charge in [0.15, 0.2) is 0 Å². The van der Waals surface area contributed by atoms with E-state index in [1.54, 1.807) is 0 Å². The van der Waals surface area contributed by atoms with E-state index in [4.69, 9.17) is 4.74 Å². The first kappa shape index (κ1) is 29.5. The largest absolute Gasteiger partial charge is 0.466 e. The van der Waals surface area contributed by atoms with Crippen molar-refractivity contribution in [3.8, 4) is 0 Å². The van der Waals surface area contributed by atoms with E-state index in [0.29, 0.717) is 13.0 Å². The van der Waals surface area contributed by atoms with Gasteiger partial charge in [-0.25, -0.2) is 0 Å². The fourth-order valence-electron chi connectivity index (χ4n) is 4.08. The van der Waals surface area contributed by atoms with Gasteiger partial charge in [0.25, 0.3) is 0 Å². The molecular formula is C28H56O2. The molecule has 2 nitrogen and oxygen atoms in total. The molecule has 0 radical (unpaired) electrons. The lowest BCUT2D eigenvalue weighted by atomic mass is 10.0. The third-order valence-corrected chi connectivity index (χ3v) is 6.17. The number of ether oxygens (including phenoxy) is 1. The molecule has 0 aromatic heterocycles. The summed E-state index contributed by atoms with van der Waals surface area (Å²) in [5, 5.41) is 0. The summed E-state index contributed by atoms with van der Waals surface area (Å²) in [7, 11) is 0. The quantitative estimate of drug-likeness (QED) is 0.114. The topological polar surface area (TPSA) is 26.3 Å². The lowest BCUT2D eigenvalue weighted by Crippen LogP contribution is -2.05. The molecule has 0 aliphatic rings. The molecule has 0 fully saturated rings. The van der Waals surface area contributed by atoms with Crippen molar-refractivity contribution in [1.29, 1.82) is 0 Å². The van der Waals surface area contributed by atoms with Crippen LogP contribution >= 0.6 is 0 Å². The predicted octanol–water partition coefficient (Wildman–Crippen LogP) is 9.79. The minimum Gasteiger partial charge on any atom is -0.466 e. The first-order chi connectivity index (χ1) is 14.7. The monoisotopic (exact) mass is 424 g/mol. The van der Waals surface area contributed by atoms with Gasteiger partial charge in [0.1, 0.15) is 0 Å². The van der Waals surface area contributed by atoms with E-state index in [9.17, 15) is 4.79 Å². The third-order valence-electron chi connectivity index (χ3n) is 6.17. The lowest BCUT2D eigenvalue weighted by molar-refractivity contribution is -0.143. The Morgan fingerprint density at radius 3 is 1.43 bits per heavy atom. The van der Waals surface area contributed by atoms with Crippen LogP contribution in [0.3, 0.4) is 0 Å². The molecule has 0 spiro atoms. The summed E-state index contributed by atoms with van der Waals surface area (Å²) >= 11 is 0. The molecule has 0 aromatic carbocycles. The second-order valence-electron chi connectivity index (χ2n) is 9.87. The molecule has 0 aromatic rings. The van der Waals surface area contributed by atoms with E-state index in [0.717, 1.165) is 18.8 Å². The Hall–Kier alpha value is -0.530. The van der Waals surface area contributed by atoms with Crippen LogP contribution in [0, 0.1) is 5.92 Å². The van der Waals surface area contributed by atoms with E-state index in [1.807, 2.05) is 0 Å². The summed E-state index contributed by atoms with van der Waals surface area (Å²) in [5.41, 5.74) is 0. The Balaban J connectivity index is 3.15. The van der Waals surface area contributed by atoms with Crippen LogP contribution in [0.5, 0.6) is 0 Å². The SMILES string of the molecule is CCCCCCCCCCCCCCCOC(=O)CCCCCCCCCC(C)C. The van der Waals surface area contributed by atoms with Gasteiger partial charge >= 0.3 is 5.97 Å². The number of esters is 1. The molecule has 0 saturated heterocycles. The smallest absolute Gasteiger partial charge is 0.305 e. The number of unbranched alkanes of at least 4 members (excludes halogenated alkanes) is 18. The highest BCUT2D eigenvalue weighted by atomic mass is 16.5. The van der Waals surface area contributed by atoms with Crippen LogP contribution in [0.2, 0.25) is 0 Å². The van der Waals surface area contributed by atoms with Gasteiger partial charge in [-0.05, 0) is 18.8 Å². The fraction of sp³-hybridized carbons (Fsp3) is 0.964. The van der Waals surface area contributed by atoms with Crippen LogP contribution in [0.25, 0.3) is 0 Å². The maximum atomic E-state index is 11.8. The number of hydrogen-bond donors (Lipinski definition) is 0. The predicted molar refractivity (Wildman–Crippen MR) is 133 cm³/mol. The number of rotatable bonds is 24. The second-order valence-corrected chi connectivity index (χ2v) is 9.87. The fourth-order valence-corrected chi connectivity index (χ4v) is 4.08. The summed E-state index contributed by atoms with van der Waals surface area (Å²) in [6, 6.07) is 0. The first-order valence-corrected chi connectivity index (χ1v) is 13.8. The Morgan fingerprint density at radius 1 is 0.567 bits per heavy atom. The molecule has 2 heteroatoms. The average Bonchev–Trinajstić information content (AvgIpc) is 2.72. The highest BCUT2D eigenvalue weighted by Gasteiger charge is 2.02. The lowest BCUT2D eigenvalue weighted by Gasteiger charge is -2.06. The van der Waals surface area contributed by atoms with Crippen molar-refractivity contribution in [1.82, 2.24) is 0 Å². The summed E-state index contributed by atoms with van der Waals surface area (Å²) in [5.74, 6) is 0.863. The van der Waals surface area contributed by atoms with Crippen LogP contribution in [0.1, 0.15) is 162 Å². The molecule has 0 unspecified atom stereocenters. The zero-order valence-corrected chi connectivity index (χ0v) is 21.2. The standard InChI is InChI=1S/C28H56O2/c1-4-5-6-7-8-9-10-11-12-13-17-20-23-26-30-28(29)25-22-19-16-14-15-18-21-24-27(2)3/h27H,4-26H2,1-3H3. The Morgan fingerprint density at radius 2 is 0.967 bits per heavy atom. The molecule has 30 heavy (non-hydrogen) atoms. The molecule has 0 aliphatic carbocycles. The van der Waals surface area contributed by atoms with Gasteiger partial charge in [0, 0.05) is 6.42 Å². The van der Waals surface area contributed by atoms with Crippen molar-refractivity contribution in [3.63, 3.8) is 0 Å². The van der Waals surface area contributed by atoms with Crippen molar-refractivity contribution >= 4 is 5.97 Å². The summed E-state index contributed by atoms with van der Waals surface area (Å²) < 4.78 is 5.39. The van der Waals surface area contributed by atoms with Gasteiger partial charge in [-0.1, -0.05) is 143 Å². The summed E-state index contributed by atoms with van der Waals surface area (Å²) in [4.78, 5) is 11.8. The van der Waals surface area contributed by atoms with E-state index in [2.05, 4.69) is 20.8 Å². The maximum absolute atomic E-state index is 11.8. The van der Waals surface area contributed by atoms with Crippen LogP contribution in [-0.2, 0) is 9.53 Å². The Bertz CT molecular complexity index is 338. The molecule has 0 atom stereocenters. The van der Waals surface area contributed by atoms with Crippen molar-refractivity contribution in [2.75, 3.05) is 6.61 Å². The molecule has 0 N–H and O–H groups in total. The second kappa shape index (κ2) is 24.7. The Kier molecular flexibility index (Phi) is 24.3. The minimum absolute atomic E-state index is 0.0193. The van der Waals surface area contributed by atoms with E-state index in [-0.39, 0.29) is 5.97 Å². The zero-order valence-electron chi connectivity index (χ0n) is 21.2. The molecule has 0 rings (SSSR count). The van der Waals surface area contributed by atoms with Crippen molar-refractivity contribution < 1.29 is 9.53 Å². The van der Waals surface area contributed by atoms with Gasteiger partial charge in [-0.2, -0.15) is 0 Å². The zero-order chi connectivity index (χ0) is 22.1. The highest BCUT2D eigenvalue weighted by Crippen LogP contribution is 2.14. The molecular weight excluding hydrogens is 368 g/mol. The highest BCUT2D eigenvalue weighted by molar-refractivity contribution is 5.69. The van der Waals surface area contributed by atoms with Crippen molar-refractivity contribution in [3.05, 3.63) is 0 Å². The molecule has 0 aliphatic heterocycles. The maximum Gasteiger partial charge on any atom is 0.305 e. The van der Waals surface area contributed by atoms with Crippen molar-refractivity contribution in [2.24, 2.45) is 5.92 Å². The third kappa shape index (κ3) is 25.5. The van der Waals surface area contributed by atoms with Gasteiger partial charge in [-0.15, -0.1) is 0 Å². The molecule has 0 saturated carbocycles. The van der Waals surface area contributed by atoms with Crippen LogP contribution in [0.4, 0.5) is 0 Å². The van der Waals surface area contributed by atoms with Crippen LogP contribution in [0.15, 0.2) is 0 Å². The van der Waals surface area contributed by atoms with E-state index >= 15 is 0 Å². The molecule has 0 amide bonds. The average molecular weight is 425 g/mol. The molecule has 0 heterocycles. The van der Waals surface area contributed by atoms with E-state index < -0.39 is 0 Å². The Labute approximate surface area is 190 Å². The molecule has 180 valence electrons. The van der Waals surface area contributed by atoms with Gasteiger partial charge in [-0.3, -0.25) is 4.79 Å². The normalized spacial score (nSPS) is 11.3. The van der Waals surface area contributed by atoms with Gasteiger partial charge in [0.05, 0.1) is 6.61 Å². The number of hydrogen-bond acceptors (Lipinski definition) is 2. The van der Waals surface area contributed by atoms with Crippen LogP contribution in [-0.4, -0.2) is 12.6 Å².